The van der Waals surface area contributed by atoms with Gasteiger partial charge in [0.25, 0.3) is 0 Å². The Morgan fingerprint density at radius 3 is 2.67 bits per heavy atom. The molecule has 0 aliphatic rings. The van der Waals surface area contributed by atoms with Gasteiger partial charge in [0.15, 0.2) is 0 Å². The number of benzene rings is 1. The predicted octanol–water partition coefficient (Wildman–Crippen LogP) is 3.85. The van der Waals surface area contributed by atoms with Crippen molar-refractivity contribution < 1.29 is 5.11 Å². The van der Waals surface area contributed by atoms with Crippen molar-refractivity contribution >= 4 is 37.5 Å². The van der Waals surface area contributed by atoms with Gasteiger partial charge >= 0.3 is 0 Å². The van der Waals surface area contributed by atoms with Crippen molar-refractivity contribution in [1.82, 2.24) is 9.78 Å². The third kappa shape index (κ3) is 3.49. The van der Waals surface area contributed by atoms with Gasteiger partial charge in [-0.3, -0.25) is 4.68 Å². The summed E-state index contributed by atoms with van der Waals surface area (Å²) in [6.07, 6.45) is 0.670. The van der Waals surface area contributed by atoms with Crippen LogP contribution in [0, 0.1) is 0 Å². The molecule has 0 aliphatic carbocycles. The van der Waals surface area contributed by atoms with E-state index in [2.05, 4.69) is 43.9 Å². The van der Waals surface area contributed by atoms with E-state index in [1.165, 1.54) is 0 Å². The van der Waals surface area contributed by atoms with Gasteiger partial charge in [0.05, 0.1) is 22.0 Å². The Kier molecular flexibility index (Phi) is 5.46. The molecule has 2 aromatic rings. The zero-order chi connectivity index (χ0) is 15.6. The van der Waals surface area contributed by atoms with Crippen LogP contribution in [0.25, 0.3) is 0 Å². The molecule has 0 saturated carbocycles. The van der Waals surface area contributed by atoms with Crippen molar-refractivity contribution in [1.29, 1.82) is 0 Å². The summed E-state index contributed by atoms with van der Waals surface area (Å²) in [6.45, 7) is 4.89. The maximum Gasteiger partial charge on any atom is 0.0865 e. The maximum absolute atomic E-state index is 10.5. The van der Waals surface area contributed by atoms with Crippen molar-refractivity contribution in [2.45, 2.75) is 39.3 Å². The quantitative estimate of drug-likeness (QED) is 0.727. The molecule has 1 aromatic carbocycles. The zero-order valence-electron chi connectivity index (χ0n) is 12.1. The van der Waals surface area contributed by atoms with E-state index >= 15 is 0 Å². The topological polar surface area (TPSA) is 64.1 Å². The van der Waals surface area contributed by atoms with Gasteiger partial charge in [0, 0.05) is 28.7 Å². The van der Waals surface area contributed by atoms with Crippen molar-refractivity contribution in [3.05, 3.63) is 44.1 Å². The van der Waals surface area contributed by atoms with E-state index in [0.717, 1.165) is 38.9 Å². The minimum atomic E-state index is -0.662. The fourth-order valence-corrected chi connectivity index (χ4v) is 3.44. The van der Waals surface area contributed by atoms with Gasteiger partial charge in [-0.25, -0.2) is 0 Å². The first-order valence-corrected chi connectivity index (χ1v) is 8.53. The molecule has 6 heteroatoms. The number of aliphatic hydroxyl groups excluding tert-OH is 1. The Hall–Kier alpha value is -0.850. The Morgan fingerprint density at radius 1 is 1.33 bits per heavy atom. The van der Waals surface area contributed by atoms with E-state index in [9.17, 15) is 5.11 Å². The smallest absolute Gasteiger partial charge is 0.0865 e. The molecule has 0 fully saturated rings. The van der Waals surface area contributed by atoms with Crippen LogP contribution < -0.4 is 5.73 Å². The van der Waals surface area contributed by atoms with E-state index in [1.54, 1.807) is 6.07 Å². The Labute approximate surface area is 141 Å². The number of aryl methyl sites for hydroxylation is 2. The Bertz CT molecular complexity index is 640. The Balaban J connectivity index is 2.33. The molecule has 0 saturated heterocycles. The van der Waals surface area contributed by atoms with E-state index in [0.29, 0.717) is 12.1 Å². The molecular weight excluding hydrogens is 398 g/mol. The number of rotatable bonds is 5. The molecule has 1 heterocycles. The number of hydrogen-bond acceptors (Lipinski definition) is 3. The van der Waals surface area contributed by atoms with Crippen molar-refractivity contribution in [3.63, 3.8) is 0 Å². The lowest BCUT2D eigenvalue weighted by atomic mass is 10.0. The van der Waals surface area contributed by atoms with Crippen LogP contribution in [-0.4, -0.2) is 14.9 Å². The summed E-state index contributed by atoms with van der Waals surface area (Å²) in [7, 11) is 0. The molecule has 0 aliphatic heterocycles. The monoisotopic (exact) mass is 415 g/mol. The normalized spacial score (nSPS) is 12.6. The third-order valence-electron chi connectivity index (χ3n) is 3.49. The van der Waals surface area contributed by atoms with Crippen LogP contribution in [-0.2, 0) is 19.4 Å². The molecule has 1 atom stereocenters. The highest BCUT2D eigenvalue weighted by Gasteiger charge is 2.19. The molecule has 1 aromatic heterocycles. The van der Waals surface area contributed by atoms with Gasteiger partial charge in [-0.2, -0.15) is 5.10 Å². The molecule has 0 bridgehead atoms. The highest BCUT2D eigenvalue weighted by molar-refractivity contribution is 9.10. The van der Waals surface area contributed by atoms with Crippen molar-refractivity contribution in [2.75, 3.05) is 5.73 Å². The van der Waals surface area contributed by atoms with E-state index in [-0.39, 0.29) is 0 Å². The predicted molar refractivity (Wildman–Crippen MR) is 92.2 cm³/mol. The van der Waals surface area contributed by atoms with E-state index in [1.807, 2.05) is 23.7 Å². The van der Waals surface area contributed by atoms with Gasteiger partial charge in [0.2, 0.25) is 0 Å². The van der Waals surface area contributed by atoms with Gasteiger partial charge < -0.3 is 10.8 Å². The van der Waals surface area contributed by atoms with Crippen LogP contribution in [0.3, 0.4) is 0 Å². The first-order chi connectivity index (χ1) is 9.97. The highest BCUT2D eigenvalue weighted by Crippen LogP contribution is 2.30. The number of nitrogen functional groups attached to an aromatic ring is 1. The summed E-state index contributed by atoms with van der Waals surface area (Å²) >= 11 is 7.02. The van der Waals surface area contributed by atoms with Gasteiger partial charge in [-0.1, -0.05) is 22.9 Å². The van der Waals surface area contributed by atoms with Crippen LogP contribution in [0.4, 0.5) is 5.69 Å². The standard InChI is InChI=1S/C15H19Br2N3O/c1-3-12-15(17)13(20(4-2)19-12)8-14(21)10-7-9(16)5-6-11(10)18/h5-7,14,21H,3-4,8,18H2,1-2H3. The fourth-order valence-electron chi connectivity index (χ4n) is 2.34. The second-order valence-electron chi connectivity index (χ2n) is 4.87. The lowest BCUT2D eigenvalue weighted by Crippen LogP contribution is -2.10. The van der Waals surface area contributed by atoms with E-state index < -0.39 is 6.10 Å². The second kappa shape index (κ2) is 6.94. The molecule has 114 valence electrons. The average molecular weight is 417 g/mol. The molecule has 0 radical (unpaired) electrons. The number of anilines is 1. The first-order valence-electron chi connectivity index (χ1n) is 6.94. The van der Waals surface area contributed by atoms with Crippen LogP contribution >= 0.6 is 31.9 Å². The number of aliphatic hydroxyl groups is 1. The van der Waals surface area contributed by atoms with Crippen molar-refractivity contribution in [2.24, 2.45) is 0 Å². The number of hydrogen-bond donors (Lipinski definition) is 2. The molecule has 21 heavy (non-hydrogen) atoms. The number of nitrogens with two attached hydrogens (primary N) is 1. The third-order valence-corrected chi connectivity index (χ3v) is 4.90. The lowest BCUT2D eigenvalue weighted by molar-refractivity contribution is 0.176. The van der Waals surface area contributed by atoms with Gasteiger partial charge in [-0.15, -0.1) is 0 Å². The van der Waals surface area contributed by atoms with Crippen LogP contribution in [0.1, 0.15) is 36.9 Å². The lowest BCUT2D eigenvalue weighted by Gasteiger charge is -2.15. The molecule has 3 N–H and O–H groups in total. The summed E-state index contributed by atoms with van der Waals surface area (Å²) < 4.78 is 3.82. The van der Waals surface area contributed by atoms with Gasteiger partial charge in [-0.05, 0) is 47.5 Å². The fraction of sp³-hybridized carbons (Fsp3) is 0.400. The van der Waals surface area contributed by atoms with Crippen molar-refractivity contribution in [3.8, 4) is 0 Å². The molecule has 2 rings (SSSR count). The molecule has 0 spiro atoms. The zero-order valence-corrected chi connectivity index (χ0v) is 15.3. The highest BCUT2D eigenvalue weighted by atomic mass is 79.9. The van der Waals surface area contributed by atoms with Gasteiger partial charge in [0.1, 0.15) is 0 Å². The second-order valence-corrected chi connectivity index (χ2v) is 6.58. The van der Waals surface area contributed by atoms with Crippen LogP contribution in [0.15, 0.2) is 27.1 Å². The molecule has 1 unspecified atom stereocenters. The minimum Gasteiger partial charge on any atom is -0.398 e. The first kappa shape index (κ1) is 16.5. The minimum absolute atomic E-state index is 0.474. The van der Waals surface area contributed by atoms with Crippen LogP contribution in [0.2, 0.25) is 0 Å². The number of aromatic nitrogens is 2. The number of nitrogens with zero attached hydrogens (tertiary/aromatic N) is 2. The summed E-state index contributed by atoms with van der Waals surface area (Å²) in [5.41, 5.74) is 9.32. The Morgan fingerprint density at radius 2 is 2.05 bits per heavy atom. The maximum atomic E-state index is 10.5. The van der Waals surface area contributed by atoms with Crippen LogP contribution in [0.5, 0.6) is 0 Å². The number of halogens is 2. The SMILES string of the molecule is CCc1nn(CC)c(CC(O)c2cc(Br)ccc2N)c1Br. The summed E-state index contributed by atoms with van der Waals surface area (Å²) in [6, 6.07) is 5.53. The van der Waals surface area contributed by atoms with E-state index in [4.69, 9.17) is 5.73 Å². The summed E-state index contributed by atoms with van der Waals surface area (Å²) in [4.78, 5) is 0. The molecular formula is C15H19Br2N3O. The molecule has 4 nitrogen and oxygen atoms in total. The summed E-state index contributed by atoms with van der Waals surface area (Å²) in [5, 5.41) is 15.1. The largest absolute Gasteiger partial charge is 0.398 e. The average Bonchev–Trinajstić information content (AvgIpc) is 2.77. The summed E-state index contributed by atoms with van der Waals surface area (Å²) in [5.74, 6) is 0. The molecule has 0 amide bonds.